The third kappa shape index (κ3) is 3.56. The summed E-state index contributed by atoms with van der Waals surface area (Å²) in [4.78, 5) is 15.5. The third-order valence-corrected chi connectivity index (χ3v) is 10.9. The van der Waals surface area contributed by atoms with Crippen LogP contribution in [0.25, 0.3) is 109 Å². The Hall–Kier alpha value is -6.17. The summed E-state index contributed by atoms with van der Waals surface area (Å²) in [6.07, 6.45) is 0. The first-order valence-electron chi connectivity index (χ1n) is 16.0. The van der Waals surface area contributed by atoms with Crippen molar-refractivity contribution in [2.75, 3.05) is 0 Å². The molecule has 0 bridgehead atoms. The van der Waals surface area contributed by atoms with Crippen molar-refractivity contribution in [2.24, 2.45) is 0 Å². The molecule has 10 aromatic rings. The van der Waals surface area contributed by atoms with Gasteiger partial charge in [0, 0.05) is 53.2 Å². The summed E-state index contributed by atoms with van der Waals surface area (Å²) >= 11 is 1.85. The van der Waals surface area contributed by atoms with E-state index in [4.69, 9.17) is 19.4 Å². The van der Waals surface area contributed by atoms with Crippen LogP contribution in [-0.4, -0.2) is 15.0 Å². The maximum absolute atomic E-state index is 6.25. The second-order valence-corrected chi connectivity index (χ2v) is 13.4. The highest BCUT2D eigenvalue weighted by atomic mass is 32.1. The summed E-state index contributed by atoms with van der Waals surface area (Å²) < 4.78 is 8.76. The van der Waals surface area contributed by atoms with Crippen molar-refractivity contribution in [1.82, 2.24) is 15.0 Å². The van der Waals surface area contributed by atoms with Crippen molar-refractivity contribution in [3.8, 4) is 56.4 Å². The minimum Gasteiger partial charge on any atom is -0.456 e. The standard InChI is InChI=1S/C43H23N3OS/c1-2-10-25(11-3-1)41-44-42(31-17-8-20-34-37(31)28-14-4-5-19-33(28)47-34)46-43(45-41)32-18-9-21-35-38(32)30-23-22-27-26-15-6-12-24-13-7-16-29(36(24)26)39(27)40(30)48-35/h1-23H. The molecule has 0 saturated carbocycles. The summed E-state index contributed by atoms with van der Waals surface area (Å²) in [7, 11) is 0. The van der Waals surface area contributed by atoms with Crippen LogP contribution >= 0.6 is 11.3 Å². The van der Waals surface area contributed by atoms with Gasteiger partial charge >= 0.3 is 0 Å². The minimum absolute atomic E-state index is 0.621. The largest absolute Gasteiger partial charge is 0.456 e. The van der Waals surface area contributed by atoms with Crippen LogP contribution in [0.15, 0.2) is 144 Å². The summed E-state index contributed by atoms with van der Waals surface area (Å²) in [5, 5.41) is 7.07. The van der Waals surface area contributed by atoms with Gasteiger partial charge in [0.05, 0.1) is 0 Å². The predicted molar refractivity (Wildman–Crippen MR) is 198 cm³/mol. The Morgan fingerprint density at radius 1 is 0.417 bits per heavy atom. The lowest BCUT2D eigenvalue weighted by Gasteiger charge is -2.10. The van der Waals surface area contributed by atoms with Gasteiger partial charge in [-0.15, -0.1) is 11.3 Å². The van der Waals surface area contributed by atoms with E-state index < -0.39 is 0 Å². The van der Waals surface area contributed by atoms with Crippen molar-refractivity contribution < 1.29 is 4.42 Å². The van der Waals surface area contributed by atoms with Gasteiger partial charge in [0.1, 0.15) is 11.2 Å². The molecule has 0 radical (unpaired) electrons. The molecule has 222 valence electrons. The number of thiophene rings is 1. The molecular formula is C43H23N3OS. The van der Waals surface area contributed by atoms with Gasteiger partial charge in [-0.1, -0.05) is 121 Å². The number of hydrogen-bond donors (Lipinski definition) is 0. The van der Waals surface area contributed by atoms with Gasteiger partial charge < -0.3 is 4.42 Å². The van der Waals surface area contributed by atoms with Gasteiger partial charge in [0.15, 0.2) is 17.5 Å². The molecule has 0 N–H and O–H groups in total. The lowest BCUT2D eigenvalue weighted by Crippen LogP contribution is -2.00. The number of rotatable bonds is 3. The molecule has 4 nitrogen and oxygen atoms in total. The fraction of sp³-hybridized carbons (Fsp3) is 0. The fourth-order valence-electron chi connectivity index (χ4n) is 7.64. The first-order valence-corrected chi connectivity index (χ1v) is 16.8. The SMILES string of the molecule is c1ccc(-c2nc(-c3cccc4oc5ccccc5c34)nc(-c3cccc4sc5c6c(ccc5c34)-c3cccc4cccc-6c34)n2)cc1. The van der Waals surface area contributed by atoms with E-state index >= 15 is 0 Å². The van der Waals surface area contributed by atoms with Crippen molar-refractivity contribution in [2.45, 2.75) is 0 Å². The second kappa shape index (κ2) is 9.67. The molecule has 0 amide bonds. The maximum Gasteiger partial charge on any atom is 0.164 e. The smallest absolute Gasteiger partial charge is 0.164 e. The van der Waals surface area contributed by atoms with Crippen LogP contribution in [0.5, 0.6) is 0 Å². The van der Waals surface area contributed by atoms with Crippen LogP contribution < -0.4 is 0 Å². The number of nitrogens with zero attached hydrogens (tertiary/aromatic N) is 3. The van der Waals surface area contributed by atoms with Crippen molar-refractivity contribution in [1.29, 1.82) is 0 Å². The van der Waals surface area contributed by atoms with Crippen LogP contribution in [-0.2, 0) is 0 Å². The van der Waals surface area contributed by atoms with Gasteiger partial charge in [0.25, 0.3) is 0 Å². The molecule has 0 unspecified atom stereocenters. The molecule has 0 atom stereocenters. The van der Waals surface area contributed by atoms with Crippen LogP contribution in [0.3, 0.4) is 0 Å². The van der Waals surface area contributed by atoms with Crippen LogP contribution in [0, 0.1) is 0 Å². The highest BCUT2D eigenvalue weighted by Crippen LogP contribution is 2.53. The first-order chi connectivity index (χ1) is 23.8. The number of aromatic nitrogens is 3. The zero-order valence-corrected chi connectivity index (χ0v) is 26.3. The zero-order chi connectivity index (χ0) is 31.3. The van der Waals surface area contributed by atoms with Crippen molar-refractivity contribution in [3.05, 3.63) is 140 Å². The molecule has 5 heteroatoms. The van der Waals surface area contributed by atoms with E-state index in [2.05, 4.69) is 91.0 Å². The Labute approximate surface area is 278 Å². The number of furan rings is 1. The fourth-order valence-corrected chi connectivity index (χ4v) is 8.93. The molecule has 0 fully saturated rings. The number of benzene rings is 7. The predicted octanol–water partition coefficient (Wildman–Crippen LogP) is 11.9. The topological polar surface area (TPSA) is 51.8 Å². The highest BCUT2D eigenvalue weighted by molar-refractivity contribution is 7.26. The van der Waals surface area contributed by atoms with Gasteiger partial charge in [-0.3, -0.25) is 0 Å². The first kappa shape index (κ1) is 26.0. The number of fused-ring (bicyclic) bond motifs is 10. The minimum atomic E-state index is 0.621. The second-order valence-electron chi connectivity index (χ2n) is 12.3. The molecule has 3 aromatic heterocycles. The maximum atomic E-state index is 6.25. The summed E-state index contributed by atoms with van der Waals surface area (Å²) in [6.45, 7) is 0. The van der Waals surface area contributed by atoms with Crippen LogP contribution in [0.1, 0.15) is 0 Å². The van der Waals surface area contributed by atoms with E-state index in [9.17, 15) is 0 Å². The van der Waals surface area contributed by atoms with E-state index in [1.807, 2.05) is 59.9 Å². The van der Waals surface area contributed by atoms with E-state index in [1.165, 1.54) is 53.2 Å². The molecule has 1 aliphatic rings. The summed E-state index contributed by atoms with van der Waals surface area (Å²) in [5.41, 5.74) is 9.77. The molecular weight excluding hydrogens is 607 g/mol. The Balaban J connectivity index is 1.20. The van der Waals surface area contributed by atoms with Gasteiger partial charge in [0.2, 0.25) is 0 Å². The number of para-hydroxylation sites is 1. The van der Waals surface area contributed by atoms with Crippen LogP contribution in [0.2, 0.25) is 0 Å². The van der Waals surface area contributed by atoms with Crippen LogP contribution in [0.4, 0.5) is 0 Å². The zero-order valence-electron chi connectivity index (χ0n) is 25.4. The Morgan fingerprint density at radius 3 is 1.94 bits per heavy atom. The molecule has 3 heterocycles. The molecule has 0 saturated heterocycles. The van der Waals surface area contributed by atoms with E-state index in [0.29, 0.717) is 17.5 Å². The highest BCUT2D eigenvalue weighted by Gasteiger charge is 2.26. The summed E-state index contributed by atoms with van der Waals surface area (Å²) in [6, 6.07) is 48.8. The van der Waals surface area contributed by atoms with Gasteiger partial charge in [-0.05, 0) is 45.7 Å². The Kier molecular flexibility index (Phi) is 5.23. The molecule has 48 heavy (non-hydrogen) atoms. The lowest BCUT2D eigenvalue weighted by molar-refractivity contribution is 0.669. The number of hydrogen-bond acceptors (Lipinski definition) is 5. The molecule has 7 aromatic carbocycles. The molecule has 1 aliphatic carbocycles. The molecule has 0 spiro atoms. The quantitative estimate of drug-likeness (QED) is 0.195. The molecule has 11 rings (SSSR count). The van der Waals surface area contributed by atoms with E-state index in [-0.39, 0.29) is 0 Å². The monoisotopic (exact) mass is 629 g/mol. The normalized spacial score (nSPS) is 12.2. The lowest BCUT2D eigenvalue weighted by atomic mass is 9.99. The van der Waals surface area contributed by atoms with Gasteiger partial charge in [-0.2, -0.15) is 0 Å². The van der Waals surface area contributed by atoms with E-state index in [1.54, 1.807) is 0 Å². The van der Waals surface area contributed by atoms with Gasteiger partial charge in [-0.25, -0.2) is 15.0 Å². The average molecular weight is 630 g/mol. The van der Waals surface area contributed by atoms with Crippen molar-refractivity contribution in [3.63, 3.8) is 0 Å². The van der Waals surface area contributed by atoms with E-state index in [0.717, 1.165) is 38.6 Å². The summed E-state index contributed by atoms with van der Waals surface area (Å²) in [5.74, 6) is 1.91. The third-order valence-electron chi connectivity index (χ3n) is 9.68. The molecule has 0 aliphatic heterocycles. The Morgan fingerprint density at radius 2 is 1.08 bits per heavy atom. The van der Waals surface area contributed by atoms with Crippen molar-refractivity contribution >= 4 is 64.2 Å². The Bertz CT molecular complexity index is 2950. The average Bonchev–Trinajstić information content (AvgIpc) is 3.82.